The number of hydrogen-bond acceptors (Lipinski definition) is 6. The van der Waals surface area contributed by atoms with Crippen LogP contribution in [0, 0.1) is 10.1 Å². The van der Waals surface area contributed by atoms with Crippen molar-refractivity contribution in [3.8, 4) is 0 Å². The molecule has 0 radical (unpaired) electrons. The second kappa shape index (κ2) is 6.38. The molecule has 1 aliphatic rings. The van der Waals surface area contributed by atoms with Crippen molar-refractivity contribution in [2.45, 2.75) is 24.5 Å². The number of nitrogens with zero attached hydrogens (tertiary/aromatic N) is 4. The Bertz CT molecular complexity index is 474. The van der Waals surface area contributed by atoms with Crippen LogP contribution < -0.4 is 4.90 Å². The highest BCUT2D eigenvalue weighted by Crippen LogP contribution is 2.33. The molecule has 0 bridgehead atoms. The Hall–Kier alpha value is -1.08. The molecule has 0 amide bonds. The van der Waals surface area contributed by atoms with Crippen molar-refractivity contribution >= 4 is 34.9 Å². The van der Waals surface area contributed by atoms with E-state index >= 15 is 0 Å². The number of thioether (sulfide) groups is 1. The Morgan fingerprint density at radius 1 is 1.47 bits per heavy atom. The van der Waals surface area contributed by atoms with Crippen LogP contribution in [0.2, 0.25) is 5.15 Å². The molecule has 2 rings (SSSR count). The van der Waals surface area contributed by atoms with Crippen LogP contribution in [0.15, 0.2) is 6.33 Å². The molecular formula is C11H15ClN4O2S. The van der Waals surface area contributed by atoms with Crippen LogP contribution in [0.5, 0.6) is 0 Å². The van der Waals surface area contributed by atoms with Gasteiger partial charge in [0, 0.05) is 18.3 Å². The molecule has 1 aromatic rings. The van der Waals surface area contributed by atoms with Gasteiger partial charge in [-0.1, -0.05) is 11.6 Å². The highest BCUT2D eigenvalue weighted by Gasteiger charge is 2.27. The van der Waals surface area contributed by atoms with Crippen molar-refractivity contribution in [1.29, 1.82) is 0 Å². The lowest BCUT2D eigenvalue weighted by Gasteiger charge is -2.21. The first-order chi connectivity index (χ1) is 9.13. The molecule has 6 nitrogen and oxygen atoms in total. The van der Waals surface area contributed by atoms with E-state index in [0.29, 0.717) is 11.1 Å². The van der Waals surface area contributed by atoms with Gasteiger partial charge in [0.25, 0.3) is 0 Å². The van der Waals surface area contributed by atoms with Gasteiger partial charge >= 0.3 is 5.69 Å². The van der Waals surface area contributed by atoms with Gasteiger partial charge in [-0.05, 0) is 25.5 Å². The molecule has 1 unspecified atom stereocenters. The summed E-state index contributed by atoms with van der Waals surface area (Å²) >= 11 is 7.67. The lowest BCUT2D eigenvalue weighted by atomic mass is 10.2. The predicted molar refractivity (Wildman–Crippen MR) is 77.1 cm³/mol. The van der Waals surface area contributed by atoms with E-state index in [0.717, 1.165) is 32.4 Å². The zero-order chi connectivity index (χ0) is 13.8. The monoisotopic (exact) mass is 302 g/mol. The van der Waals surface area contributed by atoms with Gasteiger partial charge in [-0.25, -0.2) is 9.97 Å². The normalized spacial score (nSPS) is 20.1. The smallest absolute Gasteiger partial charge is 0.348 e. The summed E-state index contributed by atoms with van der Waals surface area (Å²) in [5.74, 6) is 0.340. The minimum Gasteiger partial charge on any atom is -0.351 e. The summed E-state index contributed by atoms with van der Waals surface area (Å²) < 4.78 is 0. The zero-order valence-electron chi connectivity index (χ0n) is 10.6. The Labute approximate surface area is 120 Å². The lowest BCUT2D eigenvalue weighted by molar-refractivity contribution is -0.384. The molecule has 1 aromatic heterocycles. The van der Waals surface area contributed by atoms with Crippen LogP contribution in [-0.2, 0) is 0 Å². The molecule has 1 fully saturated rings. The number of nitro groups is 1. The van der Waals surface area contributed by atoms with E-state index in [2.05, 4.69) is 16.2 Å². The summed E-state index contributed by atoms with van der Waals surface area (Å²) in [6.07, 6.45) is 6.51. The van der Waals surface area contributed by atoms with Gasteiger partial charge in [0.15, 0.2) is 0 Å². The molecule has 8 heteroatoms. The maximum Gasteiger partial charge on any atom is 0.348 e. The summed E-state index contributed by atoms with van der Waals surface area (Å²) in [6, 6.07) is 0. The Morgan fingerprint density at radius 3 is 2.95 bits per heavy atom. The molecule has 1 saturated heterocycles. The Balaban J connectivity index is 2.26. The van der Waals surface area contributed by atoms with Gasteiger partial charge < -0.3 is 4.90 Å². The number of rotatable bonds is 3. The maximum atomic E-state index is 11.1. The van der Waals surface area contributed by atoms with Gasteiger partial charge in [-0.3, -0.25) is 10.1 Å². The molecule has 0 N–H and O–H groups in total. The van der Waals surface area contributed by atoms with E-state index < -0.39 is 4.92 Å². The molecule has 1 aliphatic heterocycles. The molecule has 1 atom stereocenters. The fourth-order valence-corrected chi connectivity index (χ4v) is 3.19. The Morgan fingerprint density at radius 2 is 2.26 bits per heavy atom. The van der Waals surface area contributed by atoms with E-state index in [1.54, 1.807) is 0 Å². The van der Waals surface area contributed by atoms with Crippen LogP contribution in [0.1, 0.15) is 19.3 Å². The first-order valence-corrected chi connectivity index (χ1v) is 7.72. The molecule has 2 heterocycles. The molecular weight excluding hydrogens is 288 g/mol. The summed E-state index contributed by atoms with van der Waals surface area (Å²) in [5.41, 5.74) is -0.188. The molecule has 104 valence electrons. The van der Waals surface area contributed by atoms with Crippen molar-refractivity contribution in [3.05, 3.63) is 21.6 Å². The van der Waals surface area contributed by atoms with Crippen molar-refractivity contribution in [3.63, 3.8) is 0 Å². The summed E-state index contributed by atoms with van der Waals surface area (Å²) in [4.78, 5) is 20.3. The third kappa shape index (κ3) is 3.27. The highest BCUT2D eigenvalue weighted by atomic mass is 35.5. The van der Waals surface area contributed by atoms with E-state index in [9.17, 15) is 10.1 Å². The number of aromatic nitrogens is 2. The standard InChI is InChI=1S/C11H15ClN4O2S/c1-19-8-3-2-5-15(6-4-8)11-9(16(17)18)10(12)13-7-14-11/h7-8H,2-6H2,1H3. The second-order valence-electron chi connectivity index (χ2n) is 4.37. The van der Waals surface area contributed by atoms with E-state index in [1.807, 2.05) is 16.7 Å². The fourth-order valence-electron chi connectivity index (χ4n) is 2.25. The molecule has 19 heavy (non-hydrogen) atoms. The molecule has 0 saturated carbocycles. The largest absolute Gasteiger partial charge is 0.351 e. The fraction of sp³-hybridized carbons (Fsp3) is 0.636. The third-order valence-electron chi connectivity index (χ3n) is 3.25. The minimum absolute atomic E-state index is 0.0966. The summed E-state index contributed by atoms with van der Waals surface area (Å²) in [5, 5.41) is 11.6. The first-order valence-electron chi connectivity index (χ1n) is 6.06. The van der Waals surface area contributed by atoms with Crippen molar-refractivity contribution in [1.82, 2.24) is 9.97 Å². The number of hydrogen-bond donors (Lipinski definition) is 0. The molecule has 0 aromatic carbocycles. The van der Waals surface area contributed by atoms with Gasteiger partial charge in [0.1, 0.15) is 6.33 Å². The van der Waals surface area contributed by atoms with Gasteiger partial charge in [0.2, 0.25) is 11.0 Å². The first kappa shape index (κ1) is 14.3. The minimum atomic E-state index is -0.505. The Kier molecular flexibility index (Phi) is 4.81. The van der Waals surface area contributed by atoms with Crippen LogP contribution in [0.4, 0.5) is 11.5 Å². The van der Waals surface area contributed by atoms with Crippen LogP contribution in [-0.4, -0.2) is 39.5 Å². The maximum absolute atomic E-state index is 11.1. The highest BCUT2D eigenvalue weighted by molar-refractivity contribution is 7.99. The average Bonchev–Trinajstić information content (AvgIpc) is 2.63. The van der Waals surface area contributed by atoms with Crippen LogP contribution in [0.25, 0.3) is 0 Å². The van der Waals surface area contributed by atoms with Crippen LogP contribution in [0.3, 0.4) is 0 Å². The molecule has 0 aliphatic carbocycles. The van der Waals surface area contributed by atoms with Crippen molar-refractivity contribution < 1.29 is 4.92 Å². The average molecular weight is 303 g/mol. The van der Waals surface area contributed by atoms with Gasteiger partial charge in [-0.15, -0.1) is 0 Å². The molecule has 0 spiro atoms. The third-order valence-corrected chi connectivity index (χ3v) is 4.66. The van der Waals surface area contributed by atoms with Gasteiger partial charge in [-0.2, -0.15) is 11.8 Å². The van der Waals surface area contributed by atoms with Gasteiger partial charge in [0.05, 0.1) is 4.92 Å². The van der Waals surface area contributed by atoms with E-state index in [-0.39, 0.29) is 10.8 Å². The number of halogens is 1. The predicted octanol–water partition coefficient (Wildman–Crippen LogP) is 2.76. The van der Waals surface area contributed by atoms with Crippen molar-refractivity contribution in [2.75, 3.05) is 24.2 Å². The SMILES string of the molecule is CSC1CCCN(c2ncnc(Cl)c2[N+](=O)[O-])CC1. The van der Waals surface area contributed by atoms with Crippen LogP contribution >= 0.6 is 23.4 Å². The summed E-state index contributed by atoms with van der Waals surface area (Å²) in [7, 11) is 0. The number of anilines is 1. The van der Waals surface area contributed by atoms with Crippen molar-refractivity contribution in [2.24, 2.45) is 0 Å². The van der Waals surface area contributed by atoms with E-state index in [1.165, 1.54) is 6.33 Å². The second-order valence-corrected chi connectivity index (χ2v) is 5.87. The topological polar surface area (TPSA) is 72.2 Å². The lowest BCUT2D eigenvalue weighted by Crippen LogP contribution is -2.26. The summed E-state index contributed by atoms with van der Waals surface area (Å²) in [6.45, 7) is 1.53. The quantitative estimate of drug-likeness (QED) is 0.486. The van der Waals surface area contributed by atoms with E-state index in [4.69, 9.17) is 11.6 Å². The zero-order valence-corrected chi connectivity index (χ0v) is 12.2.